The van der Waals surface area contributed by atoms with Crippen molar-refractivity contribution in [1.82, 2.24) is 5.32 Å². The zero-order valence-corrected chi connectivity index (χ0v) is 10.9. The van der Waals surface area contributed by atoms with Crippen LogP contribution in [-0.2, 0) is 6.42 Å². The van der Waals surface area contributed by atoms with E-state index in [1.54, 1.807) is 12.1 Å². The van der Waals surface area contributed by atoms with Crippen molar-refractivity contribution in [2.75, 3.05) is 0 Å². The molecule has 0 heterocycles. The number of rotatable bonds is 4. The van der Waals surface area contributed by atoms with Crippen LogP contribution in [0.5, 0.6) is 0 Å². The fourth-order valence-corrected chi connectivity index (χ4v) is 2.79. The molecule has 3 unspecified atom stereocenters. The van der Waals surface area contributed by atoms with E-state index in [0.29, 0.717) is 12.1 Å². The van der Waals surface area contributed by atoms with Gasteiger partial charge in [0.15, 0.2) is 0 Å². The van der Waals surface area contributed by atoms with Crippen LogP contribution < -0.4 is 5.32 Å². The molecule has 0 bridgehead atoms. The van der Waals surface area contributed by atoms with Gasteiger partial charge in [0.05, 0.1) is 6.10 Å². The number of nitrogens with one attached hydrogen (secondary N) is 1. The van der Waals surface area contributed by atoms with Gasteiger partial charge in [-0.3, -0.25) is 0 Å². The Morgan fingerprint density at radius 3 is 3.00 bits per heavy atom. The maximum atomic E-state index is 13.1. The number of aliphatic hydroxyl groups is 1. The average molecular weight is 251 g/mol. The summed E-state index contributed by atoms with van der Waals surface area (Å²) < 4.78 is 13.1. The van der Waals surface area contributed by atoms with E-state index < -0.39 is 0 Å². The summed E-state index contributed by atoms with van der Waals surface area (Å²) in [5.41, 5.74) is 1.02. The summed E-state index contributed by atoms with van der Waals surface area (Å²) in [5.74, 6) is -0.173. The molecular formula is C15H22FNO. The normalized spacial score (nSPS) is 25.9. The van der Waals surface area contributed by atoms with Crippen LogP contribution in [0.2, 0.25) is 0 Å². The molecule has 0 aromatic heterocycles. The molecule has 0 saturated heterocycles. The van der Waals surface area contributed by atoms with Crippen LogP contribution in [-0.4, -0.2) is 23.3 Å². The van der Waals surface area contributed by atoms with Crippen molar-refractivity contribution >= 4 is 0 Å². The van der Waals surface area contributed by atoms with Gasteiger partial charge in [-0.25, -0.2) is 4.39 Å². The fraction of sp³-hybridized carbons (Fsp3) is 0.600. The Morgan fingerprint density at radius 1 is 1.44 bits per heavy atom. The molecule has 1 aromatic rings. The minimum absolute atomic E-state index is 0.155. The molecule has 0 spiro atoms. The summed E-state index contributed by atoms with van der Waals surface area (Å²) in [6.45, 7) is 2.12. The molecule has 1 saturated carbocycles. The van der Waals surface area contributed by atoms with Crippen molar-refractivity contribution in [1.29, 1.82) is 0 Å². The van der Waals surface area contributed by atoms with Gasteiger partial charge in [-0.2, -0.15) is 0 Å². The monoisotopic (exact) mass is 251 g/mol. The number of halogens is 1. The summed E-state index contributed by atoms with van der Waals surface area (Å²) in [6.07, 6.45) is 4.65. The first kappa shape index (κ1) is 13.5. The largest absolute Gasteiger partial charge is 0.393 e. The molecular weight excluding hydrogens is 229 g/mol. The lowest BCUT2D eigenvalue weighted by Gasteiger charge is -2.29. The van der Waals surface area contributed by atoms with E-state index in [4.69, 9.17) is 0 Å². The van der Waals surface area contributed by atoms with E-state index in [2.05, 4.69) is 12.2 Å². The van der Waals surface area contributed by atoms with Crippen LogP contribution in [0.3, 0.4) is 0 Å². The molecule has 2 N–H and O–H groups in total. The van der Waals surface area contributed by atoms with Gasteiger partial charge in [-0.1, -0.05) is 12.1 Å². The van der Waals surface area contributed by atoms with E-state index in [-0.39, 0.29) is 11.9 Å². The molecule has 18 heavy (non-hydrogen) atoms. The molecule has 3 atom stereocenters. The molecule has 3 heteroatoms. The Hall–Kier alpha value is -0.930. The number of aliphatic hydroxyl groups excluding tert-OH is 1. The Bertz CT molecular complexity index is 383. The predicted molar refractivity (Wildman–Crippen MR) is 71.0 cm³/mol. The van der Waals surface area contributed by atoms with Crippen LogP contribution in [0.1, 0.15) is 38.2 Å². The number of benzene rings is 1. The molecule has 2 nitrogen and oxygen atoms in total. The second-order valence-electron chi connectivity index (χ2n) is 5.42. The molecule has 1 aromatic carbocycles. The van der Waals surface area contributed by atoms with Gasteiger partial charge in [0.25, 0.3) is 0 Å². The van der Waals surface area contributed by atoms with Gasteiger partial charge >= 0.3 is 0 Å². The molecule has 2 rings (SSSR count). The highest BCUT2D eigenvalue weighted by atomic mass is 19.1. The number of hydrogen-bond donors (Lipinski definition) is 2. The highest BCUT2D eigenvalue weighted by molar-refractivity contribution is 5.17. The Labute approximate surface area is 108 Å². The average Bonchev–Trinajstić information content (AvgIpc) is 2.28. The second kappa shape index (κ2) is 6.30. The first-order chi connectivity index (χ1) is 8.63. The summed E-state index contributed by atoms with van der Waals surface area (Å²) in [6, 6.07) is 7.48. The summed E-state index contributed by atoms with van der Waals surface area (Å²) >= 11 is 0. The molecule has 1 aliphatic rings. The molecule has 0 amide bonds. The summed E-state index contributed by atoms with van der Waals surface area (Å²) in [7, 11) is 0. The minimum Gasteiger partial charge on any atom is -0.393 e. The van der Waals surface area contributed by atoms with Crippen molar-refractivity contribution in [3.05, 3.63) is 35.6 Å². The molecule has 0 radical (unpaired) electrons. The van der Waals surface area contributed by atoms with E-state index in [1.165, 1.54) is 6.07 Å². The Kier molecular flexibility index (Phi) is 4.72. The smallest absolute Gasteiger partial charge is 0.123 e. The standard InChI is InChI=1S/C15H22FNO/c1-11(8-12-4-2-5-13(16)9-12)17-14-6-3-7-15(18)10-14/h2,4-5,9,11,14-15,17-18H,3,6-8,10H2,1H3. The summed E-state index contributed by atoms with van der Waals surface area (Å²) in [4.78, 5) is 0. The van der Waals surface area contributed by atoms with Crippen molar-refractivity contribution in [2.45, 2.75) is 57.2 Å². The molecule has 1 fully saturated rings. The SMILES string of the molecule is CC(Cc1cccc(F)c1)NC1CCCC(O)C1. The van der Waals surface area contributed by atoms with Crippen LogP contribution in [0.4, 0.5) is 4.39 Å². The fourth-order valence-electron chi connectivity index (χ4n) is 2.79. The van der Waals surface area contributed by atoms with Crippen LogP contribution in [0.15, 0.2) is 24.3 Å². The van der Waals surface area contributed by atoms with Gasteiger partial charge in [0, 0.05) is 12.1 Å². The third-order valence-electron chi connectivity index (χ3n) is 3.60. The van der Waals surface area contributed by atoms with Crippen LogP contribution >= 0.6 is 0 Å². The quantitative estimate of drug-likeness (QED) is 0.862. The van der Waals surface area contributed by atoms with E-state index in [9.17, 15) is 9.50 Å². The predicted octanol–water partition coefficient (Wildman–Crippen LogP) is 2.65. The molecule has 0 aliphatic heterocycles. The van der Waals surface area contributed by atoms with Gasteiger partial charge in [0.2, 0.25) is 0 Å². The van der Waals surface area contributed by atoms with Gasteiger partial charge < -0.3 is 10.4 Å². The highest BCUT2D eigenvalue weighted by Gasteiger charge is 2.21. The Morgan fingerprint density at radius 2 is 2.28 bits per heavy atom. The van der Waals surface area contributed by atoms with E-state index in [1.807, 2.05) is 6.07 Å². The Balaban J connectivity index is 1.82. The van der Waals surface area contributed by atoms with Crippen molar-refractivity contribution in [3.8, 4) is 0 Å². The minimum atomic E-state index is -0.173. The zero-order valence-electron chi connectivity index (χ0n) is 10.9. The van der Waals surface area contributed by atoms with Crippen molar-refractivity contribution in [3.63, 3.8) is 0 Å². The molecule has 1 aliphatic carbocycles. The lowest BCUT2D eigenvalue weighted by atomic mass is 9.92. The number of hydrogen-bond acceptors (Lipinski definition) is 2. The molecule has 100 valence electrons. The maximum Gasteiger partial charge on any atom is 0.123 e. The highest BCUT2D eigenvalue weighted by Crippen LogP contribution is 2.19. The third kappa shape index (κ3) is 4.07. The first-order valence-electron chi connectivity index (χ1n) is 6.82. The van der Waals surface area contributed by atoms with Crippen LogP contribution in [0, 0.1) is 5.82 Å². The third-order valence-corrected chi connectivity index (χ3v) is 3.60. The van der Waals surface area contributed by atoms with Crippen molar-refractivity contribution in [2.24, 2.45) is 0 Å². The van der Waals surface area contributed by atoms with E-state index >= 15 is 0 Å². The second-order valence-corrected chi connectivity index (χ2v) is 5.42. The van der Waals surface area contributed by atoms with E-state index in [0.717, 1.165) is 37.7 Å². The first-order valence-corrected chi connectivity index (χ1v) is 6.82. The topological polar surface area (TPSA) is 32.3 Å². The van der Waals surface area contributed by atoms with Crippen LogP contribution in [0.25, 0.3) is 0 Å². The maximum absolute atomic E-state index is 13.1. The zero-order chi connectivity index (χ0) is 13.0. The lowest BCUT2D eigenvalue weighted by Crippen LogP contribution is -2.41. The van der Waals surface area contributed by atoms with Gasteiger partial charge in [-0.05, 0) is 56.7 Å². The van der Waals surface area contributed by atoms with Crippen molar-refractivity contribution < 1.29 is 9.50 Å². The lowest BCUT2D eigenvalue weighted by molar-refractivity contribution is 0.109. The summed E-state index contributed by atoms with van der Waals surface area (Å²) in [5, 5.41) is 13.2. The van der Waals surface area contributed by atoms with Gasteiger partial charge in [-0.15, -0.1) is 0 Å². The van der Waals surface area contributed by atoms with Gasteiger partial charge in [0.1, 0.15) is 5.82 Å².